The molecule has 0 aliphatic rings. The molecular formula is C13H17BrN2O3. The summed E-state index contributed by atoms with van der Waals surface area (Å²) < 4.78 is 0.612. The van der Waals surface area contributed by atoms with Crippen LogP contribution >= 0.6 is 15.9 Å². The van der Waals surface area contributed by atoms with Gasteiger partial charge in [-0.25, -0.2) is 4.79 Å². The van der Waals surface area contributed by atoms with Crippen molar-refractivity contribution in [3.05, 3.63) is 28.2 Å². The normalized spacial score (nSPS) is 11.9. The first-order valence-corrected chi connectivity index (χ1v) is 6.83. The Hall–Kier alpha value is -1.56. The number of carboxylic acids is 1. The number of rotatable bonds is 6. The minimum atomic E-state index is -1.02. The summed E-state index contributed by atoms with van der Waals surface area (Å²) in [4.78, 5) is 23.0. The van der Waals surface area contributed by atoms with E-state index in [2.05, 4.69) is 21.2 Å². The monoisotopic (exact) mass is 328 g/mol. The molecule has 0 aromatic heterocycles. The van der Waals surface area contributed by atoms with Crippen molar-refractivity contribution in [2.45, 2.75) is 32.2 Å². The Morgan fingerprint density at radius 2 is 2.16 bits per heavy atom. The average Bonchev–Trinajstić information content (AvgIpc) is 2.37. The molecule has 104 valence electrons. The zero-order valence-corrected chi connectivity index (χ0v) is 12.2. The Morgan fingerprint density at radius 1 is 1.47 bits per heavy atom. The van der Waals surface area contributed by atoms with Gasteiger partial charge >= 0.3 is 5.97 Å². The van der Waals surface area contributed by atoms with Gasteiger partial charge in [0.1, 0.15) is 6.04 Å². The van der Waals surface area contributed by atoms with Gasteiger partial charge in [-0.05, 0) is 40.5 Å². The van der Waals surface area contributed by atoms with Crippen LogP contribution in [0.5, 0.6) is 0 Å². The maximum atomic E-state index is 12.0. The molecule has 5 nitrogen and oxygen atoms in total. The number of benzene rings is 1. The van der Waals surface area contributed by atoms with Gasteiger partial charge in [0.15, 0.2) is 0 Å². The van der Waals surface area contributed by atoms with Gasteiger partial charge in [0.2, 0.25) is 0 Å². The first-order chi connectivity index (χ1) is 8.95. The number of carboxylic acid groups (broad SMARTS) is 1. The minimum Gasteiger partial charge on any atom is -0.480 e. The molecule has 6 heteroatoms. The molecule has 4 N–H and O–H groups in total. The number of unbranched alkanes of at least 4 members (excludes halogenated alkanes) is 1. The molecule has 0 spiro atoms. The third-order valence-electron chi connectivity index (χ3n) is 2.71. The van der Waals surface area contributed by atoms with E-state index in [0.717, 1.165) is 12.8 Å². The number of nitrogen functional groups attached to an aromatic ring is 1. The van der Waals surface area contributed by atoms with Gasteiger partial charge in [-0.15, -0.1) is 0 Å². The summed E-state index contributed by atoms with van der Waals surface area (Å²) in [5, 5.41) is 11.6. The van der Waals surface area contributed by atoms with Crippen LogP contribution in [0.3, 0.4) is 0 Å². The number of hydrogen-bond donors (Lipinski definition) is 3. The second-order valence-corrected chi connectivity index (χ2v) is 5.10. The van der Waals surface area contributed by atoms with Gasteiger partial charge in [-0.2, -0.15) is 0 Å². The molecule has 0 aliphatic carbocycles. The van der Waals surface area contributed by atoms with Crippen molar-refractivity contribution in [1.29, 1.82) is 0 Å². The van der Waals surface area contributed by atoms with Crippen molar-refractivity contribution < 1.29 is 14.7 Å². The molecule has 0 aliphatic heterocycles. The predicted octanol–water partition coefficient (Wildman–Crippen LogP) is 2.40. The fourth-order valence-corrected chi connectivity index (χ4v) is 1.95. The van der Waals surface area contributed by atoms with E-state index in [0.29, 0.717) is 22.1 Å². The van der Waals surface area contributed by atoms with E-state index in [4.69, 9.17) is 10.8 Å². The lowest BCUT2D eigenvalue weighted by molar-refractivity contribution is -0.139. The Balaban J connectivity index is 2.75. The number of halogens is 1. The summed E-state index contributed by atoms with van der Waals surface area (Å²) in [6.07, 6.45) is 2.06. The van der Waals surface area contributed by atoms with Gasteiger partial charge in [0.25, 0.3) is 5.91 Å². The molecule has 1 amide bonds. The Kier molecular flexibility index (Phi) is 5.82. The van der Waals surface area contributed by atoms with Gasteiger partial charge in [0.05, 0.1) is 0 Å². The molecule has 0 radical (unpaired) electrons. The summed E-state index contributed by atoms with van der Waals surface area (Å²) >= 11 is 3.23. The Bertz CT molecular complexity index is 477. The van der Waals surface area contributed by atoms with Crippen LogP contribution in [0.15, 0.2) is 22.7 Å². The van der Waals surface area contributed by atoms with Crippen molar-refractivity contribution in [2.24, 2.45) is 0 Å². The highest BCUT2D eigenvalue weighted by Gasteiger charge is 2.20. The van der Waals surface area contributed by atoms with E-state index in [1.165, 1.54) is 0 Å². The third-order valence-corrected chi connectivity index (χ3v) is 3.40. The molecule has 1 atom stereocenters. The highest BCUT2D eigenvalue weighted by molar-refractivity contribution is 9.10. The first kappa shape index (κ1) is 15.5. The van der Waals surface area contributed by atoms with Crippen molar-refractivity contribution in [2.75, 3.05) is 5.73 Å². The number of carbonyl (C=O) groups excluding carboxylic acids is 1. The number of nitrogens with two attached hydrogens (primary N) is 1. The lowest BCUT2D eigenvalue weighted by Crippen LogP contribution is -2.40. The van der Waals surface area contributed by atoms with E-state index in [9.17, 15) is 9.59 Å². The molecule has 1 rings (SSSR count). The van der Waals surface area contributed by atoms with E-state index < -0.39 is 17.9 Å². The highest BCUT2D eigenvalue weighted by atomic mass is 79.9. The average molecular weight is 329 g/mol. The summed E-state index contributed by atoms with van der Waals surface area (Å²) in [5.74, 6) is -1.43. The second-order valence-electron chi connectivity index (χ2n) is 4.24. The second kappa shape index (κ2) is 7.13. The predicted molar refractivity (Wildman–Crippen MR) is 77.0 cm³/mol. The van der Waals surface area contributed by atoms with E-state index >= 15 is 0 Å². The molecule has 0 fully saturated rings. The summed E-state index contributed by atoms with van der Waals surface area (Å²) in [7, 11) is 0. The largest absolute Gasteiger partial charge is 0.480 e. The fourth-order valence-electron chi connectivity index (χ4n) is 1.58. The Labute approximate surface area is 120 Å². The summed E-state index contributed by atoms with van der Waals surface area (Å²) in [6, 6.07) is 3.88. The van der Waals surface area contributed by atoms with Crippen LogP contribution in [0, 0.1) is 0 Å². The van der Waals surface area contributed by atoms with Crippen LogP contribution < -0.4 is 11.1 Å². The number of carbonyl (C=O) groups is 2. The van der Waals surface area contributed by atoms with Crippen molar-refractivity contribution >= 4 is 33.5 Å². The van der Waals surface area contributed by atoms with Crippen molar-refractivity contribution in [1.82, 2.24) is 5.32 Å². The lowest BCUT2D eigenvalue weighted by Gasteiger charge is -2.14. The SMILES string of the molecule is CCCC[C@H](NC(=O)c1ccc(N)c(Br)c1)C(=O)O. The lowest BCUT2D eigenvalue weighted by atomic mass is 10.1. The smallest absolute Gasteiger partial charge is 0.326 e. The maximum Gasteiger partial charge on any atom is 0.326 e. The van der Waals surface area contributed by atoms with Crippen molar-refractivity contribution in [3.8, 4) is 0 Å². The molecule has 0 saturated carbocycles. The molecule has 1 aromatic carbocycles. The Morgan fingerprint density at radius 3 is 2.68 bits per heavy atom. The maximum absolute atomic E-state index is 12.0. The topological polar surface area (TPSA) is 92.4 Å². The third kappa shape index (κ3) is 4.55. The molecule has 19 heavy (non-hydrogen) atoms. The number of anilines is 1. The molecule has 0 heterocycles. The number of nitrogens with one attached hydrogen (secondary N) is 1. The van der Waals surface area contributed by atoms with Gasteiger partial charge in [-0.3, -0.25) is 4.79 Å². The zero-order valence-electron chi connectivity index (χ0n) is 10.6. The molecule has 0 saturated heterocycles. The van der Waals surface area contributed by atoms with Gasteiger partial charge < -0.3 is 16.2 Å². The van der Waals surface area contributed by atoms with Gasteiger partial charge in [-0.1, -0.05) is 19.8 Å². The molecule has 0 bridgehead atoms. The van der Waals surface area contributed by atoms with Crippen LogP contribution in [0.4, 0.5) is 5.69 Å². The number of amides is 1. The molecular weight excluding hydrogens is 312 g/mol. The number of hydrogen-bond acceptors (Lipinski definition) is 3. The van der Waals surface area contributed by atoms with Crippen molar-refractivity contribution in [3.63, 3.8) is 0 Å². The van der Waals surface area contributed by atoms with Crippen LogP contribution in [0.2, 0.25) is 0 Å². The van der Waals surface area contributed by atoms with Crippen LogP contribution in [0.25, 0.3) is 0 Å². The standard InChI is InChI=1S/C13H17BrN2O3/c1-2-3-4-11(13(18)19)16-12(17)8-5-6-10(15)9(14)7-8/h5-7,11H,2-4,15H2,1H3,(H,16,17)(H,18,19)/t11-/m0/s1. The van der Waals surface area contributed by atoms with Crippen LogP contribution in [0.1, 0.15) is 36.5 Å². The van der Waals surface area contributed by atoms with Crippen LogP contribution in [-0.4, -0.2) is 23.0 Å². The van der Waals surface area contributed by atoms with E-state index in [1.807, 2.05) is 6.92 Å². The number of aliphatic carboxylic acids is 1. The van der Waals surface area contributed by atoms with Crippen LogP contribution in [-0.2, 0) is 4.79 Å². The minimum absolute atomic E-state index is 0.379. The molecule has 1 aromatic rings. The quantitative estimate of drug-likeness (QED) is 0.699. The summed E-state index contributed by atoms with van der Waals surface area (Å²) in [5.41, 5.74) is 6.54. The zero-order chi connectivity index (χ0) is 14.4. The summed E-state index contributed by atoms with van der Waals surface area (Å²) in [6.45, 7) is 1.97. The van der Waals surface area contributed by atoms with E-state index in [1.54, 1.807) is 18.2 Å². The first-order valence-electron chi connectivity index (χ1n) is 6.04. The fraction of sp³-hybridized carbons (Fsp3) is 0.385. The van der Waals surface area contributed by atoms with E-state index in [-0.39, 0.29) is 0 Å². The van der Waals surface area contributed by atoms with Gasteiger partial charge in [0, 0.05) is 15.7 Å². The highest BCUT2D eigenvalue weighted by Crippen LogP contribution is 2.20. The molecule has 0 unspecified atom stereocenters.